The van der Waals surface area contributed by atoms with Crippen LogP contribution in [0.5, 0.6) is 0 Å². The van der Waals surface area contributed by atoms with E-state index in [2.05, 4.69) is 10.4 Å². The molecule has 0 saturated carbocycles. The summed E-state index contributed by atoms with van der Waals surface area (Å²) in [7, 11) is 1.54. The third-order valence-corrected chi connectivity index (χ3v) is 5.48. The molecule has 0 unspecified atom stereocenters. The van der Waals surface area contributed by atoms with Crippen LogP contribution in [0.1, 0.15) is 49.8 Å². The van der Waals surface area contributed by atoms with Gasteiger partial charge in [0.15, 0.2) is 5.69 Å². The lowest BCUT2D eigenvalue weighted by Gasteiger charge is -2.15. The van der Waals surface area contributed by atoms with Crippen LogP contribution in [0.2, 0.25) is 0 Å². The first-order chi connectivity index (χ1) is 15.8. The van der Waals surface area contributed by atoms with Crippen LogP contribution in [0, 0.1) is 0 Å². The molecule has 180 valence electrons. The summed E-state index contributed by atoms with van der Waals surface area (Å²) in [6, 6.07) is 2.50. The molecule has 1 aliphatic rings. The molecule has 0 saturated heterocycles. The van der Waals surface area contributed by atoms with E-state index in [1.807, 2.05) is 0 Å². The maximum absolute atomic E-state index is 13.3. The topological polar surface area (TPSA) is 94.9 Å². The summed E-state index contributed by atoms with van der Waals surface area (Å²) >= 11 is 0. The van der Waals surface area contributed by atoms with Crippen LogP contribution in [-0.2, 0) is 32.2 Å². The number of hydrogen-bond donors (Lipinski definition) is 2. The van der Waals surface area contributed by atoms with E-state index in [1.165, 1.54) is 23.9 Å². The number of fused-ring (bicyclic) bond motifs is 1. The Labute approximate surface area is 188 Å². The summed E-state index contributed by atoms with van der Waals surface area (Å²) < 4.78 is 82.1. The van der Waals surface area contributed by atoms with Crippen molar-refractivity contribution in [3.8, 4) is 5.69 Å². The molecule has 0 spiro atoms. The number of aromatic nitrogens is 3. The second kappa shape index (κ2) is 7.92. The normalized spacial score (nSPS) is 13.7. The summed E-state index contributed by atoms with van der Waals surface area (Å²) in [4.78, 5) is 24.3. The standard InChI is InChI=1S/C21H17F6N5O2/c1-31-9-12(8-16(31)18(28)33)29-19(34)17-14-3-2-4-15(14)32(30-17)13-6-10(20(22,23)24)5-11(7-13)21(25,26)27/h5-9H,2-4H2,1H3,(H2,28,33)(H,29,34). The van der Waals surface area contributed by atoms with E-state index in [1.54, 1.807) is 0 Å². The molecule has 1 aromatic carbocycles. The summed E-state index contributed by atoms with van der Waals surface area (Å²) in [5.74, 6) is -1.44. The van der Waals surface area contributed by atoms with Gasteiger partial charge in [-0.3, -0.25) is 9.59 Å². The number of aryl methyl sites for hydroxylation is 1. The molecule has 1 aliphatic carbocycles. The number of benzene rings is 1. The number of carbonyl (C=O) groups is 2. The Morgan fingerprint density at radius 2 is 1.62 bits per heavy atom. The monoisotopic (exact) mass is 485 g/mol. The van der Waals surface area contributed by atoms with Gasteiger partial charge < -0.3 is 15.6 Å². The highest BCUT2D eigenvalue weighted by atomic mass is 19.4. The maximum Gasteiger partial charge on any atom is 0.416 e. The maximum atomic E-state index is 13.3. The fourth-order valence-electron chi connectivity index (χ4n) is 3.96. The van der Waals surface area contributed by atoms with Crippen LogP contribution < -0.4 is 11.1 Å². The largest absolute Gasteiger partial charge is 0.416 e. The van der Waals surface area contributed by atoms with Crippen LogP contribution in [0.3, 0.4) is 0 Å². The molecule has 2 heterocycles. The molecule has 0 aliphatic heterocycles. The van der Waals surface area contributed by atoms with E-state index < -0.39 is 41.0 Å². The number of halogens is 6. The van der Waals surface area contributed by atoms with Gasteiger partial charge in [0.1, 0.15) is 5.69 Å². The van der Waals surface area contributed by atoms with E-state index in [0.717, 1.165) is 4.68 Å². The van der Waals surface area contributed by atoms with E-state index in [-0.39, 0.29) is 23.1 Å². The molecule has 2 amide bonds. The van der Waals surface area contributed by atoms with Crippen LogP contribution in [0.25, 0.3) is 5.69 Å². The van der Waals surface area contributed by atoms with E-state index in [9.17, 15) is 35.9 Å². The van der Waals surface area contributed by atoms with Crippen molar-refractivity contribution in [2.24, 2.45) is 12.8 Å². The minimum Gasteiger partial charge on any atom is -0.364 e. The molecule has 0 atom stereocenters. The highest BCUT2D eigenvalue weighted by Gasteiger charge is 2.38. The van der Waals surface area contributed by atoms with Gasteiger partial charge in [0, 0.05) is 24.5 Å². The number of rotatable bonds is 4. The molecule has 7 nitrogen and oxygen atoms in total. The van der Waals surface area contributed by atoms with Crippen molar-refractivity contribution < 1.29 is 35.9 Å². The first-order valence-electron chi connectivity index (χ1n) is 9.94. The fourth-order valence-corrected chi connectivity index (χ4v) is 3.96. The van der Waals surface area contributed by atoms with E-state index in [0.29, 0.717) is 42.7 Å². The van der Waals surface area contributed by atoms with E-state index in [4.69, 9.17) is 5.73 Å². The molecular formula is C21H17F6N5O2. The average molecular weight is 485 g/mol. The van der Waals surface area contributed by atoms with Gasteiger partial charge in [0.05, 0.1) is 22.5 Å². The number of nitrogens with two attached hydrogens (primary N) is 1. The molecular weight excluding hydrogens is 468 g/mol. The smallest absolute Gasteiger partial charge is 0.364 e. The summed E-state index contributed by atoms with van der Waals surface area (Å²) in [6.45, 7) is 0. The van der Waals surface area contributed by atoms with Crippen LogP contribution in [-0.4, -0.2) is 26.2 Å². The molecule has 3 aromatic rings. The van der Waals surface area contributed by atoms with Gasteiger partial charge in [0.2, 0.25) is 0 Å². The zero-order valence-electron chi connectivity index (χ0n) is 17.5. The molecule has 0 fully saturated rings. The summed E-state index contributed by atoms with van der Waals surface area (Å²) in [5, 5.41) is 6.62. The minimum absolute atomic E-state index is 0.0343. The van der Waals surface area contributed by atoms with Gasteiger partial charge in [0.25, 0.3) is 11.8 Å². The van der Waals surface area contributed by atoms with Crippen LogP contribution >= 0.6 is 0 Å². The molecule has 0 bridgehead atoms. The molecule has 34 heavy (non-hydrogen) atoms. The second-order valence-corrected chi connectivity index (χ2v) is 7.85. The van der Waals surface area contributed by atoms with Crippen molar-refractivity contribution in [2.45, 2.75) is 31.6 Å². The first-order valence-corrected chi connectivity index (χ1v) is 9.94. The van der Waals surface area contributed by atoms with Crippen molar-refractivity contribution >= 4 is 17.5 Å². The number of nitrogens with zero attached hydrogens (tertiary/aromatic N) is 3. The van der Waals surface area contributed by atoms with Crippen molar-refractivity contribution in [1.82, 2.24) is 14.3 Å². The fraction of sp³-hybridized carbons (Fsp3) is 0.286. The van der Waals surface area contributed by atoms with Crippen LogP contribution in [0.15, 0.2) is 30.5 Å². The zero-order valence-corrected chi connectivity index (χ0v) is 17.5. The predicted octanol–water partition coefficient (Wildman–Crippen LogP) is 4.09. The Kier molecular flexibility index (Phi) is 5.45. The first kappa shape index (κ1) is 23.4. The molecule has 13 heteroatoms. The molecule has 2 aromatic heterocycles. The van der Waals surface area contributed by atoms with E-state index >= 15 is 0 Å². The minimum atomic E-state index is -5.02. The Balaban J connectivity index is 1.77. The van der Waals surface area contributed by atoms with Gasteiger partial charge in [-0.05, 0) is 43.5 Å². The Hall–Kier alpha value is -3.77. The lowest BCUT2D eigenvalue weighted by atomic mass is 10.1. The number of amides is 2. The molecule has 4 rings (SSSR count). The van der Waals surface area contributed by atoms with Gasteiger partial charge in [-0.25, -0.2) is 4.68 Å². The lowest BCUT2D eigenvalue weighted by molar-refractivity contribution is -0.143. The van der Waals surface area contributed by atoms with Crippen molar-refractivity contribution in [3.63, 3.8) is 0 Å². The van der Waals surface area contributed by atoms with Crippen LogP contribution in [0.4, 0.5) is 32.0 Å². The zero-order chi connectivity index (χ0) is 25.0. The Morgan fingerprint density at radius 3 is 2.15 bits per heavy atom. The Bertz CT molecular complexity index is 1270. The number of alkyl halides is 6. The number of primary amides is 1. The Morgan fingerprint density at radius 1 is 1.00 bits per heavy atom. The van der Waals surface area contributed by atoms with Crippen molar-refractivity contribution in [1.29, 1.82) is 0 Å². The van der Waals surface area contributed by atoms with Gasteiger partial charge >= 0.3 is 12.4 Å². The lowest BCUT2D eigenvalue weighted by Crippen LogP contribution is -2.15. The number of anilines is 1. The van der Waals surface area contributed by atoms with Crippen molar-refractivity contribution in [3.05, 3.63) is 64.2 Å². The summed E-state index contributed by atoms with van der Waals surface area (Å²) in [6.07, 6.45) is -7.35. The molecule has 0 radical (unpaired) electrons. The highest BCUT2D eigenvalue weighted by Crippen LogP contribution is 2.38. The third kappa shape index (κ3) is 4.24. The number of nitrogens with one attached hydrogen (secondary N) is 1. The average Bonchev–Trinajstić information content (AvgIpc) is 3.41. The summed E-state index contributed by atoms with van der Waals surface area (Å²) in [5.41, 5.74) is 2.87. The van der Waals surface area contributed by atoms with Crippen molar-refractivity contribution in [2.75, 3.05) is 5.32 Å². The SMILES string of the molecule is Cn1cc(NC(=O)c2nn(-c3cc(C(F)(F)F)cc(C(F)(F)F)c3)c3c2CCC3)cc1C(N)=O. The van der Waals surface area contributed by atoms with Gasteiger partial charge in [-0.2, -0.15) is 31.4 Å². The highest BCUT2D eigenvalue weighted by molar-refractivity contribution is 6.05. The second-order valence-electron chi connectivity index (χ2n) is 7.85. The van der Waals surface area contributed by atoms with Gasteiger partial charge in [-0.15, -0.1) is 0 Å². The quantitative estimate of drug-likeness (QED) is 0.545. The number of carbonyl (C=O) groups excluding carboxylic acids is 2. The predicted molar refractivity (Wildman–Crippen MR) is 107 cm³/mol. The van der Waals surface area contributed by atoms with Gasteiger partial charge in [-0.1, -0.05) is 0 Å². The number of hydrogen-bond acceptors (Lipinski definition) is 3. The molecule has 3 N–H and O–H groups in total. The third-order valence-electron chi connectivity index (χ3n) is 5.48.